The first kappa shape index (κ1) is 17.7. The Labute approximate surface area is 148 Å². The Kier molecular flexibility index (Phi) is 4.99. The first-order valence-corrected chi connectivity index (χ1v) is 9.09. The normalized spacial score (nSPS) is 21.1. The quantitative estimate of drug-likeness (QED) is 0.881. The number of aliphatic hydroxyl groups is 1. The molecular weight excluding hydrogens is 318 g/mol. The van der Waals surface area contributed by atoms with Crippen LogP contribution in [0.3, 0.4) is 0 Å². The number of β-amino-alcohol motifs (C(OH)–C–C–N with tert-alkyl or cyclic N) is 1. The van der Waals surface area contributed by atoms with Gasteiger partial charge in [-0.2, -0.15) is 5.10 Å². The van der Waals surface area contributed by atoms with Crippen LogP contribution in [0, 0.1) is 0 Å². The second-order valence-corrected chi connectivity index (χ2v) is 6.95. The molecule has 1 fully saturated rings. The van der Waals surface area contributed by atoms with Crippen LogP contribution in [0.4, 0.5) is 5.95 Å². The zero-order chi connectivity index (χ0) is 18.0. The van der Waals surface area contributed by atoms with Gasteiger partial charge in [0.2, 0.25) is 5.95 Å². The van der Waals surface area contributed by atoms with Crippen LogP contribution >= 0.6 is 0 Å². The second-order valence-electron chi connectivity index (χ2n) is 6.95. The second kappa shape index (κ2) is 7.03. The number of piperidine rings is 1. The fraction of sp³-hybridized carbons (Fsp3) is 0.706. The maximum atomic E-state index is 11.2. The summed E-state index contributed by atoms with van der Waals surface area (Å²) in [5.74, 6) is 0.587. The average molecular weight is 345 g/mol. The van der Waals surface area contributed by atoms with E-state index in [4.69, 9.17) is 0 Å². The Morgan fingerprint density at radius 2 is 1.92 bits per heavy atom. The Hall–Kier alpha value is -2.09. The predicted molar refractivity (Wildman–Crippen MR) is 94.3 cm³/mol. The Morgan fingerprint density at radius 3 is 2.56 bits per heavy atom. The first-order valence-electron chi connectivity index (χ1n) is 9.09. The molecule has 136 valence electrons. The van der Waals surface area contributed by atoms with Crippen molar-refractivity contribution in [2.75, 3.05) is 18.0 Å². The molecule has 1 aliphatic rings. The molecule has 1 aliphatic heterocycles. The molecule has 2 aromatic rings. The van der Waals surface area contributed by atoms with Crippen LogP contribution in [0.1, 0.15) is 63.7 Å². The third-order valence-electron chi connectivity index (χ3n) is 4.77. The molecule has 2 aromatic heterocycles. The van der Waals surface area contributed by atoms with E-state index < -0.39 is 5.60 Å². The highest BCUT2D eigenvalue weighted by atomic mass is 16.3. The van der Waals surface area contributed by atoms with Crippen LogP contribution in [0.2, 0.25) is 0 Å². The Morgan fingerprint density at radius 1 is 1.16 bits per heavy atom. The van der Waals surface area contributed by atoms with Gasteiger partial charge >= 0.3 is 0 Å². The molecule has 0 aromatic carbocycles. The maximum absolute atomic E-state index is 11.2. The highest BCUT2D eigenvalue weighted by molar-refractivity contribution is 5.33. The Balaban J connectivity index is 1.85. The minimum absolute atomic E-state index is 0.214. The predicted octanol–water partition coefficient (Wildman–Crippen LogP) is 1.66. The topological polar surface area (TPSA) is 92.8 Å². The number of anilines is 1. The van der Waals surface area contributed by atoms with Crippen LogP contribution in [-0.4, -0.2) is 48.4 Å². The van der Waals surface area contributed by atoms with Crippen molar-refractivity contribution < 1.29 is 5.11 Å². The van der Waals surface area contributed by atoms with Crippen molar-refractivity contribution in [3.05, 3.63) is 23.3 Å². The van der Waals surface area contributed by atoms with Gasteiger partial charge < -0.3 is 10.0 Å². The third kappa shape index (κ3) is 3.49. The van der Waals surface area contributed by atoms with E-state index in [0.717, 1.165) is 37.2 Å². The van der Waals surface area contributed by atoms with Crippen molar-refractivity contribution in [3.8, 4) is 0 Å². The average Bonchev–Trinajstić information content (AvgIpc) is 3.12. The molecule has 0 amide bonds. The lowest BCUT2D eigenvalue weighted by molar-refractivity contribution is 0.0171. The molecule has 0 aliphatic carbocycles. The largest absolute Gasteiger partial charge is 0.382 e. The summed E-state index contributed by atoms with van der Waals surface area (Å²) in [5, 5.41) is 28.1. The van der Waals surface area contributed by atoms with E-state index in [1.807, 2.05) is 24.9 Å². The minimum atomic E-state index is -1.04. The lowest BCUT2D eigenvalue weighted by Gasteiger charge is -2.37. The van der Waals surface area contributed by atoms with Gasteiger partial charge in [0.1, 0.15) is 11.3 Å². The summed E-state index contributed by atoms with van der Waals surface area (Å²) in [6.45, 7) is 9.41. The van der Waals surface area contributed by atoms with Crippen molar-refractivity contribution in [1.82, 2.24) is 30.2 Å². The molecule has 1 N–H and O–H groups in total. The van der Waals surface area contributed by atoms with E-state index in [9.17, 15) is 5.11 Å². The van der Waals surface area contributed by atoms with Gasteiger partial charge in [0.25, 0.3) is 0 Å². The zero-order valence-electron chi connectivity index (χ0n) is 15.5. The van der Waals surface area contributed by atoms with Gasteiger partial charge in [0.05, 0.1) is 24.1 Å². The van der Waals surface area contributed by atoms with Crippen molar-refractivity contribution in [3.63, 3.8) is 0 Å². The van der Waals surface area contributed by atoms with E-state index in [1.54, 1.807) is 4.68 Å². The summed E-state index contributed by atoms with van der Waals surface area (Å²) in [7, 11) is 0. The van der Waals surface area contributed by atoms with Crippen LogP contribution in [0.5, 0.6) is 0 Å². The number of nitrogens with zero attached hydrogens (tertiary/aromatic N) is 7. The summed E-state index contributed by atoms with van der Waals surface area (Å²) in [5.41, 5.74) is 1.50. The summed E-state index contributed by atoms with van der Waals surface area (Å²) in [4.78, 5) is 6.68. The standard InChI is InChI=1S/C17H27N7O/c1-5-13-14(6-2)19-21-16(18-13)23-9-7-8-17(25,11-23)15-10-24(12(3)4)22-20-15/h10,12,25H,5-9,11H2,1-4H3. The molecule has 1 unspecified atom stereocenters. The minimum Gasteiger partial charge on any atom is -0.382 e. The monoisotopic (exact) mass is 345 g/mol. The maximum Gasteiger partial charge on any atom is 0.245 e. The molecule has 0 radical (unpaired) electrons. The van der Waals surface area contributed by atoms with E-state index in [1.165, 1.54) is 0 Å². The van der Waals surface area contributed by atoms with Crippen molar-refractivity contribution >= 4 is 5.95 Å². The van der Waals surface area contributed by atoms with Crippen LogP contribution < -0.4 is 4.90 Å². The summed E-state index contributed by atoms with van der Waals surface area (Å²) >= 11 is 0. The fourth-order valence-corrected chi connectivity index (χ4v) is 3.22. The molecule has 0 bridgehead atoms. The molecule has 25 heavy (non-hydrogen) atoms. The van der Waals surface area contributed by atoms with Gasteiger partial charge in [-0.15, -0.1) is 10.2 Å². The molecule has 3 rings (SSSR count). The molecule has 0 spiro atoms. The van der Waals surface area contributed by atoms with Gasteiger partial charge in [0.15, 0.2) is 0 Å². The summed E-state index contributed by atoms with van der Waals surface area (Å²) in [6, 6.07) is 0.214. The molecule has 1 atom stereocenters. The number of aromatic nitrogens is 6. The molecule has 8 heteroatoms. The van der Waals surface area contributed by atoms with Gasteiger partial charge in [-0.05, 0) is 39.5 Å². The lowest BCUT2D eigenvalue weighted by atomic mass is 9.90. The zero-order valence-corrected chi connectivity index (χ0v) is 15.5. The Bertz CT molecular complexity index is 730. The van der Waals surface area contributed by atoms with Crippen LogP contribution in [0.15, 0.2) is 6.20 Å². The number of hydrogen-bond acceptors (Lipinski definition) is 7. The summed E-state index contributed by atoms with van der Waals surface area (Å²) in [6.07, 6.45) is 4.98. The van der Waals surface area contributed by atoms with Crippen LogP contribution in [-0.2, 0) is 18.4 Å². The van der Waals surface area contributed by atoms with Gasteiger partial charge in [-0.25, -0.2) is 9.67 Å². The van der Waals surface area contributed by atoms with E-state index >= 15 is 0 Å². The fourth-order valence-electron chi connectivity index (χ4n) is 3.22. The highest BCUT2D eigenvalue weighted by Gasteiger charge is 2.38. The third-order valence-corrected chi connectivity index (χ3v) is 4.77. The van der Waals surface area contributed by atoms with Crippen molar-refractivity contribution in [2.45, 2.75) is 65.0 Å². The van der Waals surface area contributed by atoms with E-state index in [0.29, 0.717) is 24.6 Å². The van der Waals surface area contributed by atoms with Gasteiger partial charge in [0, 0.05) is 12.6 Å². The molecule has 0 saturated carbocycles. The van der Waals surface area contributed by atoms with Gasteiger partial charge in [-0.1, -0.05) is 19.1 Å². The van der Waals surface area contributed by atoms with Crippen molar-refractivity contribution in [1.29, 1.82) is 0 Å². The lowest BCUT2D eigenvalue weighted by Crippen LogP contribution is -2.47. The molecule has 8 nitrogen and oxygen atoms in total. The summed E-state index contributed by atoms with van der Waals surface area (Å²) < 4.78 is 1.77. The van der Waals surface area contributed by atoms with Gasteiger partial charge in [-0.3, -0.25) is 0 Å². The highest BCUT2D eigenvalue weighted by Crippen LogP contribution is 2.31. The SMILES string of the molecule is CCc1nnc(N2CCCC(O)(c3cn(C(C)C)nn3)C2)nc1CC. The van der Waals surface area contributed by atoms with Crippen molar-refractivity contribution in [2.24, 2.45) is 0 Å². The first-order chi connectivity index (χ1) is 12.0. The number of rotatable bonds is 5. The smallest absolute Gasteiger partial charge is 0.245 e. The van der Waals surface area contributed by atoms with Crippen LogP contribution in [0.25, 0.3) is 0 Å². The molecular formula is C17H27N7O. The molecule has 3 heterocycles. The van der Waals surface area contributed by atoms with E-state index in [2.05, 4.69) is 39.3 Å². The van der Waals surface area contributed by atoms with E-state index in [-0.39, 0.29) is 6.04 Å². The number of aryl methyl sites for hydroxylation is 2. The number of hydrogen-bond donors (Lipinski definition) is 1. The molecule has 1 saturated heterocycles.